The largest absolute Gasteiger partial charge is 0.416 e. The lowest BCUT2D eigenvalue weighted by Gasteiger charge is -2.38. The topological polar surface area (TPSA) is 54.9 Å². The maximum Gasteiger partial charge on any atom is 0.416 e. The predicted octanol–water partition coefficient (Wildman–Crippen LogP) is 3.49. The summed E-state index contributed by atoms with van der Waals surface area (Å²) in [4.78, 5) is 4.27. The maximum absolute atomic E-state index is 13.2. The molecule has 0 bridgehead atoms. The van der Waals surface area contributed by atoms with E-state index in [0.717, 1.165) is 25.5 Å². The van der Waals surface area contributed by atoms with Crippen LogP contribution in [0, 0.1) is 0 Å². The molecule has 3 rings (SSSR count). The van der Waals surface area contributed by atoms with Crippen molar-refractivity contribution in [3.8, 4) is 0 Å². The molecule has 0 spiro atoms. The summed E-state index contributed by atoms with van der Waals surface area (Å²) in [6.07, 6.45) is -1.02. The molecule has 0 radical (unpaired) electrons. The zero-order chi connectivity index (χ0) is 21.0. The molecule has 2 N–H and O–H groups in total. The second-order valence-electron chi connectivity index (χ2n) is 8.15. The Kier molecular flexibility index (Phi) is 6.73. The summed E-state index contributed by atoms with van der Waals surface area (Å²) in [5.74, 6) is 0.625. The van der Waals surface area contributed by atoms with Gasteiger partial charge in [0.1, 0.15) is 0 Å². The zero-order valence-electron chi connectivity index (χ0n) is 17.1. The van der Waals surface area contributed by atoms with Crippen LogP contribution in [-0.4, -0.2) is 51.5 Å². The van der Waals surface area contributed by atoms with Gasteiger partial charge in [-0.2, -0.15) is 13.2 Å². The Morgan fingerprint density at radius 2 is 1.83 bits per heavy atom. The van der Waals surface area contributed by atoms with E-state index in [4.69, 9.17) is 9.47 Å². The number of guanidine groups is 1. The van der Waals surface area contributed by atoms with E-state index in [2.05, 4.69) is 22.5 Å². The Labute approximate surface area is 170 Å². The highest BCUT2D eigenvalue weighted by Gasteiger charge is 2.38. The van der Waals surface area contributed by atoms with Crippen LogP contribution in [0.2, 0.25) is 0 Å². The molecule has 162 valence electrons. The maximum atomic E-state index is 13.2. The Hall–Kier alpha value is -1.80. The molecule has 1 aromatic rings. The molecule has 2 aliphatic rings. The van der Waals surface area contributed by atoms with Gasteiger partial charge in [-0.1, -0.05) is 18.2 Å². The van der Waals surface area contributed by atoms with E-state index in [1.54, 1.807) is 13.1 Å². The smallest absolute Gasteiger partial charge is 0.381 e. The Morgan fingerprint density at radius 3 is 2.45 bits per heavy atom. The summed E-state index contributed by atoms with van der Waals surface area (Å²) < 4.78 is 51.0. The van der Waals surface area contributed by atoms with E-state index >= 15 is 0 Å². The average Bonchev–Trinajstić information content (AvgIpc) is 3.15. The van der Waals surface area contributed by atoms with Crippen LogP contribution < -0.4 is 10.6 Å². The minimum Gasteiger partial charge on any atom is -0.381 e. The van der Waals surface area contributed by atoms with Gasteiger partial charge in [-0.05, 0) is 44.2 Å². The fourth-order valence-electron chi connectivity index (χ4n) is 4.08. The molecule has 8 heteroatoms. The van der Waals surface area contributed by atoms with E-state index in [1.807, 2.05) is 0 Å². The van der Waals surface area contributed by atoms with E-state index in [1.165, 1.54) is 12.1 Å². The summed E-state index contributed by atoms with van der Waals surface area (Å²) in [6.45, 7) is 5.00. The number of benzene rings is 1. The molecule has 2 heterocycles. The lowest BCUT2D eigenvalue weighted by molar-refractivity contribution is -0.137. The molecular formula is C21H30F3N3O2. The molecule has 2 fully saturated rings. The first-order valence-corrected chi connectivity index (χ1v) is 10.1. The molecule has 2 aliphatic heterocycles. The SMILES string of the molecule is CN=C(NCC1(C)CCCO1)NCC1(c2cccc(C(F)(F)F)c2)CCOCC1. The van der Waals surface area contributed by atoms with Gasteiger partial charge in [-0.3, -0.25) is 4.99 Å². The Bertz CT molecular complexity index is 709. The summed E-state index contributed by atoms with van der Waals surface area (Å²) in [7, 11) is 1.69. The second-order valence-corrected chi connectivity index (χ2v) is 8.15. The minimum absolute atomic E-state index is 0.213. The van der Waals surface area contributed by atoms with Crippen molar-refractivity contribution in [3.05, 3.63) is 35.4 Å². The summed E-state index contributed by atoms with van der Waals surface area (Å²) in [6, 6.07) is 5.66. The molecule has 0 aromatic heterocycles. The van der Waals surface area contributed by atoms with Crippen LogP contribution in [0.3, 0.4) is 0 Å². The van der Waals surface area contributed by atoms with Gasteiger partial charge in [0.05, 0.1) is 11.2 Å². The minimum atomic E-state index is -4.36. The molecule has 1 aromatic carbocycles. The lowest BCUT2D eigenvalue weighted by atomic mass is 9.73. The first kappa shape index (κ1) is 21.9. The van der Waals surface area contributed by atoms with Crippen molar-refractivity contribution in [1.29, 1.82) is 0 Å². The average molecular weight is 413 g/mol. The molecule has 1 atom stereocenters. The Balaban J connectivity index is 1.72. The monoisotopic (exact) mass is 413 g/mol. The molecule has 0 aliphatic carbocycles. The second kappa shape index (κ2) is 8.92. The summed E-state index contributed by atoms with van der Waals surface area (Å²) >= 11 is 0. The number of alkyl halides is 3. The van der Waals surface area contributed by atoms with E-state index in [-0.39, 0.29) is 5.60 Å². The van der Waals surface area contributed by atoms with Crippen molar-refractivity contribution < 1.29 is 22.6 Å². The molecule has 5 nitrogen and oxygen atoms in total. The van der Waals surface area contributed by atoms with Crippen LogP contribution in [0.15, 0.2) is 29.3 Å². The summed E-state index contributed by atoms with van der Waals surface area (Å²) in [5.41, 5.74) is -0.584. The fraction of sp³-hybridized carbons (Fsp3) is 0.667. The number of ether oxygens (including phenoxy) is 2. The third kappa shape index (κ3) is 5.42. The van der Waals surface area contributed by atoms with Gasteiger partial charge < -0.3 is 20.1 Å². The first-order chi connectivity index (χ1) is 13.8. The van der Waals surface area contributed by atoms with Crippen LogP contribution in [-0.2, 0) is 21.1 Å². The fourth-order valence-corrected chi connectivity index (χ4v) is 4.08. The predicted molar refractivity (Wildman–Crippen MR) is 106 cm³/mol. The number of halogens is 3. The van der Waals surface area contributed by atoms with Crippen LogP contribution in [0.25, 0.3) is 0 Å². The number of rotatable bonds is 5. The van der Waals surface area contributed by atoms with E-state index < -0.39 is 17.2 Å². The number of aliphatic imine (C=N–C) groups is 1. The third-order valence-electron chi connectivity index (χ3n) is 6.00. The zero-order valence-corrected chi connectivity index (χ0v) is 17.1. The summed E-state index contributed by atoms with van der Waals surface area (Å²) in [5, 5.41) is 6.62. The standard InChI is InChI=1S/C21H30F3N3O2/c1-19(7-4-10-29-19)14-26-18(25-2)27-15-20(8-11-28-12-9-20)16-5-3-6-17(13-16)21(22,23)24/h3,5-6,13H,4,7-12,14-15H2,1-2H3,(H2,25,26,27). The van der Waals surface area contributed by atoms with Crippen molar-refractivity contribution in [3.63, 3.8) is 0 Å². The highest BCUT2D eigenvalue weighted by atomic mass is 19.4. The van der Waals surface area contributed by atoms with Crippen LogP contribution in [0.5, 0.6) is 0 Å². The number of hydrogen-bond donors (Lipinski definition) is 2. The van der Waals surface area contributed by atoms with E-state index in [0.29, 0.717) is 50.7 Å². The number of hydrogen-bond acceptors (Lipinski definition) is 3. The molecule has 0 amide bonds. The quantitative estimate of drug-likeness (QED) is 0.573. The van der Waals surface area contributed by atoms with Crippen LogP contribution in [0.4, 0.5) is 13.2 Å². The molecular weight excluding hydrogens is 383 g/mol. The molecule has 2 saturated heterocycles. The third-order valence-corrected chi connectivity index (χ3v) is 6.00. The van der Waals surface area contributed by atoms with Gasteiger partial charge in [0, 0.05) is 45.4 Å². The van der Waals surface area contributed by atoms with Gasteiger partial charge in [0.25, 0.3) is 0 Å². The highest BCUT2D eigenvalue weighted by molar-refractivity contribution is 5.79. The Morgan fingerprint density at radius 1 is 1.10 bits per heavy atom. The van der Waals surface area contributed by atoms with Crippen molar-refractivity contribution in [2.45, 2.75) is 49.8 Å². The molecule has 1 unspecified atom stereocenters. The van der Waals surface area contributed by atoms with Crippen molar-refractivity contribution >= 4 is 5.96 Å². The normalized spacial score (nSPS) is 25.1. The van der Waals surface area contributed by atoms with Gasteiger partial charge in [0.2, 0.25) is 0 Å². The number of nitrogens with zero attached hydrogens (tertiary/aromatic N) is 1. The van der Waals surface area contributed by atoms with Gasteiger partial charge in [-0.15, -0.1) is 0 Å². The van der Waals surface area contributed by atoms with E-state index in [9.17, 15) is 13.2 Å². The van der Waals surface area contributed by atoms with Crippen LogP contribution in [0.1, 0.15) is 43.7 Å². The van der Waals surface area contributed by atoms with Crippen molar-refractivity contribution in [1.82, 2.24) is 10.6 Å². The van der Waals surface area contributed by atoms with Gasteiger partial charge in [0.15, 0.2) is 5.96 Å². The lowest BCUT2D eigenvalue weighted by Crippen LogP contribution is -2.50. The highest BCUT2D eigenvalue weighted by Crippen LogP contribution is 2.37. The van der Waals surface area contributed by atoms with Crippen LogP contribution >= 0.6 is 0 Å². The first-order valence-electron chi connectivity index (χ1n) is 10.1. The molecule has 29 heavy (non-hydrogen) atoms. The van der Waals surface area contributed by atoms with Gasteiger partial charge >= 0.3 is 6.18 Å². The van der Waals surface area contributed by atoms with Crippen molar-refractivity contribution in [2.75, 3.05) is 40.0 Å². The van der Waals surface area contributed by atoms with Crippen molar-refractivity contribution in [2.24, 2.45) is 4.99 Å². The molecule has 0 saturated carbocycles. The number of nitrogens with one attached hydrogen (secondary N) is 2. The van der Waals surface area contributed by atoms with Gasteiger partial charge in [-0.25, -0.2) is 0 Å².